The van der Waals surface area contributed by atoms with Crippen LogP contribution in [0.15, 0.2) is 30.3 Å². The van der Waals surface area contributed by atoms with Gasteiger partial charge >= 0.3 is 0 Å². The van der Waals surface area contributed by atoms with Crippen LogP contribution in [0.5, 0.6) is 0 Å². The first-order chi connectivity index (χ1) is 8.90. The molecule has 0 aromatic heterocycles. The third-order valence-electron chi connectivity index (χ3n) is 4.42. The van der Waals surface area contributed by atoms with E-state index in [1.807, 2.05) is 0 Å². The number of benzene rings is 1. The van der Waals surface area contributed by atoms with E-state index in [1.54, 1.807) is 0 Å². The predicted molar refractivity (Wildman–Crippen MR) is 78.8 cm³/mol. The number of nitrogens with one attached hydrogen (secondary N) is 1. The Morgan fingerprint density at radius 3 is 2.56 bits per heavy atom. The molecule has 0 amide bonds. The van der Waals surface area contributed by atoms with Crippen molar-refractivity contribution >= 4 is 0 Å². The molecule has 1 heteroatoms. The average Bonchev–Trinajstić information content (AvgIpc) is 2.93. The first-order valence-corrected chi connectivity index (χ1v) is 7.58. The minimum Gasteiger partial charge on any atom is -0.319 e. The Balaban J connectivity index is 1.75. The van der Waals surface area contributed by atoms with Gasteiger partial charge in [0.25, 0.3) is 0 Å². The van der Waals surface area contributed by atoms with Crippen LogP contribution in [0.3, 0.4) is 0 Å². The first-order valence-electron chi connectivity index (χ1n) is 7.58. The topological polar surface area (TPSA) is 12.0 Å². The Bertz CT molecular complexity index is 314. The fraction of sp³-hybridized carbons (Fsp3) is 0.647. The van der Waals surface area contributed by atoms with Crippen LogP contribution in [0.25, 0.3) is 0 Å². The molecule has 1 fully saturated rings. The van der Waals surface area contributed by atoms with Gasteiger partial charge in [-0.15, -0.1) is 0 Å². The fourth-order valence-electron chi connectivity index (χ4n) is 3.41. The lowest BCUT2D eigenvalue weighted by atomic mass is 9.86. The summed E-state index contributed by atoms with van der Waals surface area (Å²) in [6.45, 7) is 1.21. The van der Waals surface area contributed by atoms with Gasteiger partial charge in [-0.1, -0.05) is 56.0 Å². The second-order valence-corrected chi connectivity index (χ2v) is 5.74. The Hall–Kier alpha value is -0.820. The largest absolute Gasteiger partial charge is 0.319 e. The number of rotatable bonds is 7. The lowest BCUT2D eigenvalue weighted by molar-refractivity contribution is 0.305. The van der Waals surface area contributed by atoms with Gasteiger partial charge in [0.05, 0.1) is 0 Å². The van der Waals surface area contributed by atoms with E-state index in [-0.39, 0.29) is 0 Å². The predicted octanol–water partition coefficient (Wildman–Crippen LogP) is 4.04. The molecule has 1 aromatic rings. The van der Waals surface area contributed by atoms with Crippen LogP contribution in [0.2, 0.25) is 0 Å². The molecule has 2 rings (SSSR count). The molecule has 1 saturated carbocycles. The van der Waals surface area contributed by atoms with E-state index in [4.69, 9.17) is 0 Å². The van der Waals surface area contributed by atoms with Crippen LogP contribution in [0, 0.1) is 11.8 Å². The molecule has 1 atom stereocenters. The van der Waals surface area contributed by atoms with E-state index >= 15 is 0 Å². The number of aryl methyl sites for hydroxylation is 1. The average molecular weight is 245 g/mol. The molecule has 1 aliphatic carbocycles. The molecule has 0 radical (unpaired) electrons. The molecular formula is C17H27N. The van der Waals surface area contributed by atoms with Crippen LogP contribution >= 0.6 is 0 Å². The van der Waals surface area contributed by atoms with Crippen LogP contribution in [-0.4, -0.2) is 13.6 Å². The molecule has 0 heterocycles. The number of hydrogen-bond donors (Lipinski definition) is 1. The maximum Gasteiger partial charge on any atom is -0.00209 e. The van der Waals surface area contributed by atoms with E-state index in [9.17, 15) is 0 Å². The zero-order chi connectivity index (χ0) is 12.6. The van der Waals surface area contributed by atoms with Crippen molar-refractivity contribution in [1.29, 1.82) is 0 Å². The minimum atomic E-state index is 0.904. The first kappa shape index (κ1) is 13.6. The Labute approximate surface area is 112 Å². The SMILES string of the molecule is CNCC(CCCc1ccccc1)C1CCCC1. The quantitative estimate of drug-likeness (QED) is 0.764. The lowest BCUT2D eigenvalue weighted by Gasteiger charge is -2.23. The van der Waals surface area contributed by atoms with Gasteiger partial charge in [-0.05, 0) is 50.3 Å². The monoisotopic (exact) mass is 245 g/mol. The van der Waals surface area contributed by atoms with Gasteiger partial charge in [-0.2, -0.15) is 0 Å². The van der Waals surface area contributed by atoms with E-state index < -0.39 is 0 Å². The Kier molecular flexibility index (Phi) is 5.73. The van der Waals surface area contributed by atoms with Crippen molar-refractivity contribution in [3.05, 3.63) is 35.9 Å². The van der Waals surface area contributed by atoms with Gasteiger partial charge in [0.15, 0.2) is 0 Å². The van der Waals surface area contributed by atoms with Crippen molar-refractivity contribution in [3.63, 3.8) is 0 Å². The maximum atomic E-state index is 3.39. The maximum absolute atomic E-state index is 3.39. The zero-order valence-electron chi connectivity index (χ0n) is 11.7. The molecule has 0 bridgehead atoms. The summed E-state index contributed by atoms with van der Waals surface area (Å²) in [6.07, 6.45) is 9.84. The Morgan fingerprint density at radius 2 is 1.89 bits per heavy atom. The third-order valence-corrected chi connectivity index (χ3v) is 4.42. The summed E-state index contributed by atoms with van der Waals surface area (Å²) in [5.74, 6) is 1.90. The van der Waals surface area contributed by atoms with Crippen molar-refractivity contribution in [2.75, 3.05) is 13.6 Å². The van der Waals surface area contributed by atoms with E-state index in [0.717, 1.165) is 11.8 Å². The summed E-state index contributed by atoms with van der Waals surface area (Å²) in [5, 5.41) is 3.39. The fourth-order valence-corrected chi connectivity index (χ4v) is 3.41. The highest BCUT2D eigenvalue weighted by Crippen LogP contribution is 2.33. The van der Waals surface area contributed by atoms with Gasteiger partial charge < -0.3 is 5.32 Å². The molecule has 1 nitrogen and oxygen atoms in total. The highest BCUT2D eigenvalue weighted by molar-refractivity contribution is 5.14. The van der Waals surface area contributed by atoms with Crippen molar-refractivity contribution < 1.29 is 0 Å². The molecule has 1 aliphatic rings. The summed E-state index contributed by atoms with van der Waals surface area (Å²) in [7, 11) is 2.10. The molecule has 1 N–H and O–H groups in total. The standard InChI is InChI=1S/C17H27N/c1-18-14-17(16-11-5-6-12-16)13-7-10-15-8-3-2-4-9-15/h2-4,8-9,16-18H,5-7,10-14H2,1H3. The molecule has 0 spiro atoms. The normalized spacial score (nSPS) is 18.1. The smallest absolute Gasteiger partial charge is 0.00209 e. The summed E-state index contributed by atoms with van der Waals surface area (Å²) >= 11 is 0. The molecular weight excluding hydrogens is 218 g/mol. The molecule has 1 unspecified atom stereocenters. The van der Waals surface area contributed by atoms with Crippen molar-refractivity contribution in [2.24, 2.45) is 11.8 Å². The lowest BCUT2D eigenvalue weighted by Crippen LogP contribution is -2.24. The highest BCUT2D eigenvalue weighted by atomic mass is 14.8. The molecule has 100 valence electrons. The molecule has 1 aromatic carbocycles. The summed E-state index contributed by atoms with van der Waals surface area (Å²) in [4.78, 5) is 0. The third kappa shape index (κ3) is 4.13. The van der Waals surface area contributed by atoms with Crippen molar-refractivity contribution in [1.82, 2.24) is 5.32 Å². The van der Waals surface area contributed by atoms with Gasteiger partial charge in [0.1, 0.15) is 0 Å². The van der Waals surface area contributed by atoms with Gasteiger partial charge in [-0.3, -0.25) is 0 Å². The van der Waals surface area contributed by atoms with Gasteiger partial charge in [0.2, 0.25) is 0 Å². The van der Waals surface area contributed by atoms with Crippen LogP contribution in [-0.2, 0) is 6.42 Å². The van der Waals surface area contributed by atoms with Crippen molar-refractivity contribution in [2.45, 2.75) is 44.9 Å². The summed E-state index contributed by atoms with van der Waals surface area (Å²) in [5.41, 5.74) is 1.49. The molecule has 18 heavy (non-hydrogen) atoms. The Morgan fingerprint density at radius 1 is 1.17 bits per heavy atom. The van der Waals surface area contributed by atoms with Crippen molar-refractivity contribution in [3.8, 4) is 0 Å². The second-order valence-electron chi connectivity index (χ2n) is 5.74. The second kappa shape index (κ2) is 7.58. The van der Waals surface area contributed by atoms with E-state index in [0.29, 0.717) is 0 Å². The van der Waals surface area contributed by atoms with E-state index in [1.165, 1.54) is 57.1 Å². The van der Waals surface area contributed by atoms with Crippen LogP contribution in [0.1, 0.15) is 44.1 Å². The van der Waals surface area contributed by atoms with E-state index in [2.05, 4.69) is 42.7 Å². The molecule has 0 aliphatic heterocycles. The van der Waals surface area contributed by atoms with Crippen LogP contribution < -0.4 is 5.32 Å². The zero-order valence-corrected chi connectivity index (χ0v) is 11.7. The summed E-state index contributed by atoms with van der Waals surface area (Å²) < 4.78 is 0. The number of hydrogen-bond acceptors (Lipinski definition) is 1. The highest BCUT2D eigenvalue weighted by Gasteiger charge is 2.23. The minimum absolute atomic E-state index is 0.904. The van der Waals surface area contributed by atoms with Crippen LogP contribution in [0.4, 0.5) is 0 Å². The van der Waals surface area contributed by atoms with Gasteiger partial charge in [0, 0.05) is 0 Å². The summed E-state index contributed by atoms with van der Waals surface area (Å²) in [6, 6.07) is 10.9. The van der Waals surface area contributed by atoms with Gasteiger partial charge in [-0.25, -0.2) is 0 Å². The molecule has 0 saturated heterocycles.